The smallest absolute Gasteiger partial charge is 0.262 e. The van der Waals surface area contributed by atoms with E-state index in [1.165, 1.54) is 36.3 Å². The topological polar surface area (TPSA) is 248 Å². The first-order valence-corrected chi connectivity index (χ1v) is 43.1. The van der Waals surface area contributed by atoms with Crippen molar-refractivity contribution in [1.82, 2.24) is 19.8 Å². The van der Waals surface area contributed by atoms with E-state index in [4.69, 9.17) is 46.7 Å². The van der Waals surface area contributed by atoms with Crippen molar-refractivity contribution in [1.29, 1.82) is 0 Å². The fraction of sp³-hybridized carbons (Fsp3) is 0.208. The van der Waals surface area contributed by atoms with Crippen LogP contribution in [0.5, 0.6) is 57.5 Å². The third kappa shape index (κ3) is 14.1. The van der Waals surface area contributed by atoms with Crippen molar-refractivity contribution in [3.05, 3.63) is 299 Å². The largest absolute Gasteiger partial charge is 0.491 e. The van der Waals surface area contributed by atoms with Gasteiger partial charge in [-0.3, -0.25) is 48.4 Å². The van der Waals surface area contributed by atoms with Gasteiger partial charge in [0, 0.05) is 103 Å². The quantitative estimate of drug-likeness (QED) is 0.0211. The molecular weight excluding hydrogens is 1610 g/mol. The van der Waals surface area contributed by atoms with E-state index < -0.39 is 47.5 Å². The number of aromatic nitrogens is 2. The second-order valence-corrected chi connectivity index (χ2v) is 34.5. The SMILES string of the molecule is CC(C)c1ccc(Oc2cc3c4c(cc(Oc5ccc(C(C)C)cc5)c5c6c(Oc7ccc(C(C)C)cc7)cc7c8c(cc(Oc9ccc(C(C)C)cc9)c(c2c45)c86)C(=O)N(C(C(=O)N(C)c2cc(OCC4CO4)ccn2)c2ccc4c(c2)oc2ccccc24)C7=O)C(=O)N(C(C(=O)N(C)c2cc(OCC4CO4)ccn2)c2ccc4c(c2)oc2ccccc24)C3=O)cc1. The zero-order valence-corrected chi connectivity index (χ0v) is 71.8. The van der Waals surface area contributed by atoms with Crippen LogP contribution in [0.1, 0.15) is 166 Å². The van der Waals surface area contributed by atoms with Gasteiger partial charge in [0.1, 0.15) is 129 Å². The van der Waals surface area contributed by atoms with E-state index in [9.17, 15) is 0 Å². The Hall–Kier alpha value is -15.0. The molecule has 4 atom stereocenters. The Kier molecular flexibility index (Phi) is 19.8. The number of ether oxygens (including phenoxy) is 8. The molecule has 6 amide bonds. The Balaban J connectivity index is 0.861. The number of para-hydroxylation sites is 2. The Morgan fingerprint density at radius 1 is 0.344 bits per heavy atom. The molecule has 4 aliphatic heterocycles. The van der Waals surface area contributed by atoms with Gasteiger partial charge in [-0.2, -0.15) is 0 Å². The first kappa shape index (κ1) is 80.1. The number of hydrogen-bond donors (Lipinski definition) is 0. The van der Waals surface area contributed by atoms with Crippen molar-refractivity contribution in [3.8, 4) is 57.5 Å². The number of imide groups is 2. The maximum atomic E-state index is 17.4. The molecule has 2 fully saturated rings. The zero-order chi connectivity index (χ0) is 87.9. The molecule has 0 bridgehead atoms. The highest BCUT2D eigenvalue weighted by molar-refractivity contribution is 6.45. The molecule has 4 unspecified atom stereocenters. The van der Waals surface area contributed by atoms with Crippen LogP contribution in [0.25, 0.3) is 87.0 Å². The standard InChI is InChI=1S/C106H86N6O16/c1-55(2)59-19-29-65(30-20-59)123-85-47-77-91-78(102(114)111(101(77)113)99(63-27-37-75-73-15-11-13-17-81(73)127-83(75)43-63)105(117)109(9)89-45-69(39-41-107-89)119-51-71-53-121-71)49-87(125-67-33-23-61(24-34-67)57(5)6)95-96-88(126-68-35-25-62(26-36-68)58(7)8)50-80-92-79(48-86(94(98(92)96)93(85)97(91)95)124-66-31-21-60(22-32-66)56(3)4)103(115)112(104(80)116)100(64-28-38-76-74-16-12-14-18-82(74)128-84(76)44-64)106(118)110(10)90-46-70(40-42-108-90)120-52-72-54-122-72/h11-50,55-58,71-72,99-100H,51-54H2,1-10H3. The molecule has 2 saturated heterocycles. The summed E-state index contributed by atoms with van der Waals surface area (Å²) in [6.07, 6.45) is 2.85. The molecule has 4 aliphatic rings. The van der Waals surface area contributed by atoms with E-state index in [2.05, 4.69) is 65.4 Å². The van der Waals surface area contributed by atoms with Gasteiger partial charge < -0.3 is 46.7 Å². The van der Waals surface area contributed by atoms with Crippen LogP contribution >= 0.6 is 0 Å². The van der Waals surface area contributed by atoms with Gasteiger partial charge in [0.05, 0.1) is 35.5 Å². The number of epoxide rings is 2. The van der Waals surface area contributed by atoms with Crippen LogP contribution in [0.4, 0.5) is 11.6 Å². The van der Waals surface area contributed by atoms with Crippen molar-refractivity contribution in [2.24, 2.45) is 0 Å². The number of carbonyl (C=O) groups excluding carboxylic acids is 6. The summed E-state index contributed by atoms with van der Waals surface area (Å²) < 4.78 is 66.4. The highest BCUT2D eigenvalue weighted by Crippen LogP contribution is 2.59. The molecule has 128 heavy (non-hydrogen) atoms. The summed E-state index contributed by atoms with van der Waals surface area (Å²) in [4.78, 5) is 116. The van der Waals surface area contributed by atoms with Crippen LogP contribution in [0, 0.1) is 0 Å². The van der Waals surface area contributed by atoms with Crippen molar-refractivity contribution < 1.29 is 75.5 Å². The number of furan rings is 2. The Morgan fingerprint density at radius 2 is 0.633 bits per heavy atom. The molecule has 0 radical (unpaired) electrons. The van der Waals surface area contributed by atoms with Gasteiger partial charge >= 0.3 is 0 Å². The summed E-state index contributed by atoms with van der Waals surface area (Å²) in [5.74, 6) is -2.13. The monoisotopic (exact) mass is 1700 g/mol. The minimum absolute atomic E-state index is 0.0335. The number of nitrogens with zero attached hydrogens (tertiary/aromatic N) is 6. The van der Waals surface area contributed by atoms with Crippen LogP contribution < -0.4 is 38.2 Å². The molecule has 0 spiro atoms. The van der Waals surface area contributed by atoms with Gasteiger partial charge in [0.15, 0.2) is 0 Å². The molecule has 13 aromatic carbocycles. The molecule has 4 aromatic heterocycles. The fourth-order valence-corrected chi connectivity index (χ4v) is 17.8. The average molecular weight is 1700 g/mol. The summed E-state index contributed by atoms with van der Waals surface area (Å²) >= 11 is 0. The molecule has 17 aromatic rings. The third-order valence-corrected chi connectivity index (χ3v) is 24.9. The molecule has 636 valence electrons. The number of fused-ring (bicyclic) bond motifs is 8. The third-order valence-electron chi connectivity index (χ3n) is 24.9. The summed E-state index contributed by atoms with van der Waals surface area (Å²) in [7, 11) is 3.06. The normalized spacial score (nSPS) is 15.4. The van der Waals surface area contributed by atoms with Crippen molar-refractivity contribution >= 4 is 134 Å². The van der Waals surface area contributed by atoms with Crippen molar-refractivity contribution in [2.45, 2.75) is 103 Å². The first-order chi connectivity index (χ1) is 62.0. The van der Waals surface area contributed by atoms with E-state index >= 15 is 28.8 Å². The summed E-state index contributed by atoms with van der Waals surface area (Å²) in [5, 5.41) is 4.72. The highest BCUT2D eigenvalue weighted by atomic mass is 16.6. The maximum absolute atomic E-state index is 17.4. The lowest BCUT2D eigenvalue weighted by atomic mass is 9.80. The van der Waals surface area contributed by atoms with E-state index in [1.54, 1.807) is 72.8 Å². The minimum Gasteiger partial charge on any atom is -0.491 e. The second-order valence-electron chi connectivity index (χ2n) is 34.5. The molecule has 22 nitrogen and oxygen atoms in total. The number of carbonyl (C=O) groups is 6. The fourth-order valence-electron chi connectivity index (χ4n) is 17.8. The Bertz CT molecular complexity index is 6760. The number of benzene rings is 13. The number of anilines is 2. The van der Waals surface area contributed by atoms with Gasteiger partial charge in [-0.1, -0.05) is 165 Å². The minimum atomic E-state index is -1.76. The summed E-state index contributed by atoms with van der Waals surface area (Å²) in [5.41, 5.74) is 6.07. The van der Waals surface area contributed by atoms with Crippen LogP contribution in [0.2, 0.25) is 0 Å². The Labute approximate surface area is 734 Å². The molecule has 0 N–H and O–H groups in total. The molecular formula is C106H86N6O16. The maximum Gasteiger partial charge on any atom is 0.262 e. The number of likely N-dealkylation sites (N-methyl/N-ethyl adjacent to an activating group) is 2. The molecule has 0 saturated carbocycles. The molecule has 0 aliphatic carbocycles. The van der Waals surface area contributed by atoms with Crippen molar-refractivity contribution in [3.63, 3.8) is 0 Å². The van der Waals surface area contributed by atoms with Crippen molar-refractivity contribution in [2.75, 3.05) is 50.3 Å². The number of rotatable bonds is 26. The van der Waals surface area contributed by atoms with Crippen LogP contribution in [-0.4, -0.2) is 108 Å². The van der Waals surface area contributed by atoms with Gasteiger partial charge in [-0.15, -0.1) is 0 Å². The number of hydrogen-bond acceptors (Lipinski definition) is 18. The van der Waals surface area contributed by atoms with E-state index in [-0.39, 0.29) is 160 Å². The summed E-state index contributed by atoms with van der Waals surface area (Å²) in [6, 6.07) is 65.3. The Morgan fingerprint density at radius 3 is 0.930 bits per heavy atom. The highest BCUT2D eigenvalue weighted by Gasteiger charge is 2.49. The number of amides is 6. The van der Waals surface area contributed by atoms with E-state index in [0.717, 1.165) is 53.6 Å². The van der Waals surface area contributed by atoms with Gasteiger partial charge in [-0.25, -0.2) is 9.97 Å². The predicted octanol–water partition coefficient (Wildman–Crippen LogP) is 23.5. The van der Waals surface area contributed by atoms with E-state index in [0.29, 0.717) is 70.0 Å². The average Bonchev–Trinajstić information content (AvgIpc) is 1.59. The van der Waals surface area contributed by atoms with Gasteiger partial charge in [0.25, 0.3) is 35.4 Å². The van der Waals surface area contributed by atoms with Crippen LogP contribution in [-0.2, 0) is 19.1 Å². The van der Waals surface area contributed by atoms with Gasteiger partial charge in [0.2, 0.25) is 0 Å². The zero-order valence-electron chi connectivity index (χ0n) is 71.8. The molecule has 22 heteroatoms. The second kappa shape index (κ2) is 31.6. The first-order valence-electron chi connectivity index (χ1n) is 43.1. The van der Waals surface area contributed by atoms with Gasteiger partial charge in [-0.05, 0) is 166 Å². The molecule has 8 heterocycles. The van der Waals surface area contributed by atoms with Crippen LogP contribution in [0.3, 0.4) is 0 Å². The lowest BCUT2D eigenvalue weighted by molar-refractivity contribution is -0.123. The number of pyridine rings is 2. The summed E-state index contributed by atoms with van der Waals surface area (Å²) in [6.45, 7) is 18.3. The lowest BCUT2D eigenvalue weighted by Gasteiger charge is -2.37. The molecule has 21 rings (SSSR count). The predicted molar refractivity (Wildman–Crippen MR) is 490 cm³/mol. The van der Waals surface area contributed by atoms with E-state index in [1.807, 2.05) is 158 Å². The van der Waals surface area contributed by atoms with Crippen LogP contribution in [0.15, 0.2) is 252 Å². The lowest BCUT2D eigenvalue weighted by Crippen LogP contribution is -2.49.